The van der Waals surface area contributed by atoms with Crippen molar-refractivity contribution in [3.63, 3.8) is 0 Å². The van der Waals surface area contributed by atoms with Crippen molar-refractivity contribution in [2.24, 2.45) is 16.8 Å². The summed E-state index contributed by atoms with van der Waals surface area (Å²) in [6.45, 7) is 7.33. The lowest BCUT2D eigenvalue weighted by atomic mass is 9.95. The summed E-state index contributed by atoms with van der Waals surface area (Å²) in [5.41, 5.74) is 9.98. The first kappa shape index (κ1) is 19.2. The molecule has 6 nitrogen and oxygen atoms in total. The summed E-state index contributed by atoms with van der Waals surface area (Å²) < 4.78 is 7.31. The van der Waals surface area contributed by atoms with Gasteiger partial charge in [0, 0.05) is 36.7 Å². The predicted molar refractivity (Wildman–Crippen MR) is 118 cm³/mol. The first-order chi connectivity index (χ1) is 14.0. The van der Waals surface area contributed by atoms with Crippen LogP contribution in [0.25, 0.3) is 21.9 Å². The quantitative estimate of drug-likeness (QED) is 0.717. The van der Waals surface area contributed by atoms with E-state index in [9.17, 15) is 4.79 Å². The van der Waals surface area contributed by atoms with E-state index in [1.54, 1.807) is 5.01 Å². The van der Waals surface area contributed by atoms with E-state index < -0.39 is 0 Å². The third kappa shape index (κ3) is 3.51. The van der Waals surface area contributed by atoms with E-state index in [1.165, 1.54) is 0 Å². The highest BCUT2D eigenvalue weighted by atomic mass is 16.5. The number of anilines is 1. The van der Waals surface area contributed by atoms with Gasteiger partial charge in [0.25, 0.3) is 5.56 Å². The van der Waals surface area contributed by atoms with Gasteiger partial charge >= 0.3 is 0 Å². The van der Waals surface area contributed by atoms with E-state index in [-0.39, 0.29) is 12.1 Å². The monoisotopic (exact) mass is 390 g/mol. The standard InChI is InChI=1S/C23H26N4O2/c1-15(2)13-26-21(12-24)22(17-7-5-4-6-8-17)20-11-18(9-10-19(20)23(26)28)27-14-29-16(3)25-27/h4-11,15H,12-14,24H2,1-3H3. The van der Waals surface area contributed by atoms with E-state index >= 15 is 0 Å². The van der Waals surface area contributed by atoms with Gasteiger partial charge in [-0.3, -0.25) is 4.79 Å². The summed E-state index contributed by atoms with van der Waals surface area (Å²) in [4.78, 5) is 13.4. The van der Waals surface area contributed by atoms with Crippen molar-refractivity contribution in [1.29, 1.82) is 0 Å². The number of pyridine rings is 1. The molecule has 1 aliphatic heterocycles. The second-order valence-electron chi connectivity index (χ2n) is 7.72. The second-order valence-corrected chi connectivity index (χ2v) is 7.72. The Morgan fingerprint density at radius 1 is 1.14 bits per heavy atom. The minimum atomic E-state index is -0.00210. The fourth-order valence-electron chi connectivity index (χ4n) is 3.86. The van der Waals surface area contributed by atoms with E-state index in [2.05, 4.69) is 31.1 Å². The third-order valence-corrected chi connectivity index (χ3v) is 5.12. The molecule has 0 amide bonds. The summed E-state index contributed by atoms with van der Waals surface area (Å²) in [6.07, 6.45) is 0. The van der Waals surface area contributed by atoms with Crippen molar-refractivity contribution in [2.75, 3.05) is 11.7 Å². The van der Waals surface area contributed by atoms with Crippen molar-refractivity contribution >= 4 is 22.4 Å². The Bertz CT molecular complexity index is 1130. The molecule has 0 fully saturated rings. The number of nitrogens with zero attached hydrogens (tertiary/aromatic N) is 3. The fraction of sp³-hybridized carbons (Fsp3) is 0.304. The number of hydrogen-bond acceptors (Lipinski definition) is 5. The molecule has 4 rings (SSSR count). The number of ether oxygens (including phenoxy) is 1. The topological polar surface area (TPSA) is 72.9 Å². The molecule has 150 valence electrons. The number of hydrogen-bond donors (Lipinski definition) is 1. The van der Waals surface area contributed by atoms with Crippen LogP contribution in [0.5, 0.6) is 0 Å². The van der Waals surface area contributed by atoms with Crippen LogP contribution in [0.15, 0.2) is 58.4 Å². The molecule has 29 heavy (non-hydrogen) atoms. The molecule has 0 aliphatic carbocycles. The van der Waals surface area contributed by atoms with Crippen LogP contribution in [0.4, 0.5) is 5.69 Å². The number of hydrazone groups is 1. The third-order valence-electron chi connectivity index (χ3n) is 5.12. The molecule has 3 aromatic rings. The Morgan fingerprint density at radius 3 is 2.52 bits per heavy atom. The lowest BCUT2D eigenvalue weighted by Gasteiger charge is -2.21. The number of aromatic nitrogens is 1. The van der Waals surface area contributed by atoms with Gasteiger partial charge in [-0.2, -0.15) is 0 Å². The highest BCUT2D eigenvalue weighted by molar-refractivity contribution is 5.99. The molecule has 1 aromatic heterocycles. The smallest absolute Gasteiger partial charge is 0.258 e. The number of nitrogens with two attached hydrogens (primary N) is 1. The second kappa shape index (κ2) is 7.72. The largest absolute Gasteiger partial charge is 0.457 e. The van der Waals surface area contributed by atoms with Crippen molar-refractivity contribution in [3.8, 4) is 11.1 Å². The van der Waals surface area contributed by atoms with Crippen molar-refractivity contribution in [2.45, 2.75) is 33.9 Å². The Hall–Kier alpha value is -3.12. The Labute approximate surface area is 170 Å². The molecule has 0 atom stereocenters. The maximum atomic E-state index is 13.4. The predicted octanol–water partition coefficient (Wildman–Crippen LogP) is 3.91. The summed E-state index contributed by atoms with van der Waals surface area (Å²) in [6, 6.07) is 16.0. The molecule has 6 heteroatoms. The number of fused-ring (bicyclic) bond motifs is 1. The summed E-state index contributed by atoms with van der Waals surface area (Å²) in [5, 5.41) is 7.78. The average Bonchev–Trinajstić information content (AvgIpc) is 3.16. The lowest BCUT2D eigenvalue weighted by Crippen LogP contribution is -2.28. The molecule has 2 heterocycles. The summed E-state index contributed by atoms with van der Waals surface area (Å²) in [5.74, 6) is 0.959. The van der Waals surface area contributed by atoms with Crippen molar-refractivity contribution < 1.29 is 4.74 Å². The molecule has 0 saturated heterocycles. The number of benzene rings is 2. The molecular weight excluding hydrogens is 364 g/mol. The van der Waals surface area contributed by atoms with Crippen LogP contribution in [0.3, 0.4) is 0 Å². The van der Waals surface area contributed by atoms with Gasteiger partial charge in [0.2, 0.25) is 5.90 Å². The van der Waals surface area contributed by atoms with Gasteiger partial charge < -0.3 is 15.0 Å². The fourth-order valence-corrected chi connectivity index (χ4v) is 3.86. The first-order valence-electron chi connectivity index (χ1n) is 9.90. The van der Waals surface area contributed by atoms with Crippen molar-refractivity contribution in [1.82, 2.24) is 4.57 Å². The minimum absolute atomic E-state index is 0.00210. The molecule has 0 unspecified atom stereocenters. The summed E-state index contributed by atoms with van der Waals surface area (Å²) >= 11 is 0. The Balaban J connectivity index is 2.05. The Morgan fingerprint density at radius 2 is 1.90 bits per heavy atom. The zero-order valence-corrected chi connectivity index (χ0v) is 17.1. The van der Waals surface area contributed by atoms with Gasteiger partial charge in [-0.05, 0) is 35.1 Å². The maximum Gasteiger partial charge on any atom is 0.258 e. The van der Waals surface area contributed by atoms with Crippen molar-refractivity contribution in [3.05, 3.63) is 64.6 Å². The van der Waals surface area contributed by atoms with Crippen LogP contribution in [-0.2, 0) is 17.8 Å². The maximum absolute atomic E-state index is 13.4. The van der Waals surface area contributed by atoms with Crippen LogP contribution >= 0.6 is 0 Å². The van der Waals surface area contributed by atoms with Gasteiger partial charge in [-0.15, -0.1) is 5.10 Å². The normalized spacial score (nSPS) is 13.8. The van der Waals surface area contributed by atoms with E-state index in [4.69, 9.17) is 10.5 Å². The van der Waals surface area contributed by atoms with Crippen LogP contribution in [-0.4, -0.2) is 17.2 Å². The molecule has 0 radical (unpaired) electrons. The molecule has 1 aliphatic rings. The summed E-state index contributed by atoms with van der Waals surface area (Å²) in [7, 11) is 0. The minimum Gasteiger partial charge on any atom is -0.457 e. The highest BCUT2D eigenvalue weighted by Gasteiger charge is 2.20. The van der Waals surface area contributed by atoms with Gasteiger partial charge in [-0.25, -0.2) is 5.01 Å². The van der Waals surface area contributed by atoms with Crippen LogP contribution in [0, 0.1) is 5.92 Å². The first-order valence-corrected chi connectivity index (χ1v) is 9.90. The number of rotatable bonds is 5. The van der Waals surface area contributed by atoms with E-state index in [0.717, 1.165) is 27.9 Å². The molecule has 2 N–H and O–H groups in total. The van der Waals surface area contributed by atoms with Gasteiger partial charge in [0.05, 0.1) is 5.69 Å². The SMILES string of the molecule is CC1=NN(c2ccc3c(=O)n(CC(C)C)c(CN)c(-c4ccccc4)c3c2)CO1. The van der Waals surface area contributed by atoms with Crippen LogP contribution in [0.1, 0.15) is 26.5 Å². The van der Waals surface area contributed by atoms with Crippen LogP contribution < -0.4 is 16.3 Å². The van der Waals surface area contributed by atoms with Gasteiger partial charge in [-0.1, -0.05) is 44.2 Å². The van der Waals surface area contributed by atoms with Crippen LogP contribution in [0.2, 0.25) is 0 Å². The zero-order valence-electron chi connectivity index (χ0n) is 17.1. The highest BCUT2D eigenvalue weighted by Crippen LogP contribution is 2.33. The van der Waals surface area contributed by atoms with Gasteiger partial charge in [0.1, 0.15) is 0 Å². The molecule has 0 spiro atoms. The van der Waals surface area contributed by atoms with E-state index in [0.29, 0.717) is 30.5 Å². The molecule has 0 saturated carbocycles. The lowest BCUT2D eigenvalue weighted by molar-refractivity contribution is 0.335. The molecule has 2 aromatic carbocycles. The molecule has 0 bridgehead atoms. The van der Waals surface area contributed by atoms with E-state index in [1.807, 2.05) is 47.9 Å². The Kier molecular flexibility index (Phi) is 5.11. The average molecular weight is 390 g/mol. The zero-order chi connectivity index (χ0) is 20.5. The molecular formula is C23H26N4O2. The van der Waals surface area contributed by atoms with Gasteiger partial charge in [0.15, 0.2) is 6.73 Å².